The van der Waals surface area contributed by atoms with Crippen LogP contribution in [-0.2, 0) is 9.53 Å². The Morgan fingerprint density at radius 3 is 2.08 bits per heavy atom. The van der Waals surface area contributed by atoms with E-state index in [1.807, 2.05) is 13.8 Å². The van der Waals surface area contributed by atoms with E-state index in [-0.39, 0.29) is 20.8 Å². The summed E-state index contributed by atoms with van der Waals surface area (Å²) >= 11 is 0. The third-order valence-corrected chi connectivity index (χ3v) is 0.896. The number of hydrogen-bond donors (Lipinski definition) is 0. The fourth-order valence-corrected chi connectivity index (χ4v) is 0.366. The van der Waals surface area contributed by atoms with Crippen LogP contribution in [0.15, 0.2) is 12.2 Å². The fourth-order valence-electron chi connectivity index (χ4n) is 0.366. The summed E-state index contributed by atoms with van der Waals surface area (Å²) in [5.74, 6) is 0.0944. The van der Waals surface area contributed by atoms with Crippen molar-refractivity contribution in [2.24, 2.45) is 5.92 Å². The Balaban J connectivity index is -0.000000405. The number of carbonyl (C=O) groups is 1. The molecule has 0 aliphatic rings. The van der Waals surface area contributed by atoms with Gasteiger partial charge in [0.1, 0.15) is 0 Å². The van der Waals surface area contributed by atoms with E-state index in [9.17, 15) is 4.79 Å². The molecule has 0 N–H and O–H groups in total. The average molecular weight is 174 g/mol. The van der Waals surface area contributed by atoms with Crippen LogP contribution >= 0.6 is 0 Å². The summed E-state index contributed by atoms with van der Waals surface area (Å²) in [6.07, 6.45) is 0. The fraction of sp³-hybridized carbons (Fsp3) is 0.700. The Kier molecular flexibility index (Phi) is 12.0. The lowest BCUT2D eigenvalue weighted by Gasteiger charge is -2.05. The standard InChI is InChI=1S/C8H14O2.2CH4/c1-6(2)5-10-8(9)7(3)4;;/h6H,3,5H2,1-2,4H3;2*1H4. The van der Waals surface area contributed by atoms with Crippen molar-refractivity contribution in [2.45, 2.75) is 35.6 Å². The monoisotopic (exact) mass is 174 g/mol. The van der Waals surface area contributed by atoms with Gasteiger partial charge in [0.25, 0.3) is 0 Å². The van der Waals surface area contributed by atoms with Crippen LogP contribution < -0.4 is 0 Å². The van der Waals surface area contributed by atoms with Crippen LogP contribution in [0.4, 0.5) is 0 Å². The minimum atomic E-state index is -0.297. The molecule has 0 aromatic heterocycles. The van der Waals surface area contributed by atoms with Crippen molar-refractivity contribution in [2.75, 3.05) is 6.61 Å². The Hall–Kier alpha value is -0.790. The van der Waals surface area contributed by atoms with Gasteiger partial charge in [-0.1, -0.05) is 35.3 Å². The van der Waals surface area contributed by atoms with Gasteiger partial charge in [0, 0.05) is 5.57 Å². The predicted octanol–water partition coefficient (Wildman–Crippen LogP) is 3.03. The number of esters is 1. The number of rotatable bonds is 3. The molecule has 0 radical (unpaired) electrons. The van der Waals surface area contributed by atoms with Crippen LogP contribution in [-0.4, -0.2) is 12.6 Å². The minimum absolute atomic E-state index is 0. The molecule has 74 valence electrons. The molecule has 2 nitrogen and oxygen atoms in total. The number of carbonyl (C=O) groups excluding carboxylic acids is 1. The highest BCUT2D eigenvalue weighted by molar-refractivity contribution is 5.86. The van der Waals surface area contributed by atoms with Gasteiger partial charge in [-0.2, -0.15) is 0 Å². The van der Waals surface area contributed by atoms with Crippen molar-refractivity contribution in [1.82, 2.24) is 0 Å². The summed E-state index contributed by atoms with van der Waals surface area (Å²) in [6, 6.07) is 0. The van der Waals surface area contributed by atoms with Crippen molar-refractivity contribution in [1.29, 1.82) is 0 Å². The maximum absolute atomic E-state index is 10.7. The molecule has 0 aromatic rings. The van der Waals surface area contributed by atoms with Gasteiger partial charge in [0.15, 0.2) is 0 Å². The normalized spacial score (nSPS) is 8.00. The Bertz CT molecular complexity index is 137. The lowest BCUT2D eigenvalue weighted by Crippen LogP contribution is -2.09. The maximum atomic E-state index is 10.7. The highest BCUT2D eigenvalue weighted by Gasteiger charge is 2.03. The Morgan fingerprint density at radius 2 is 1.83 bits per heavy atom. The zero-order valence-corrected chi connectivity index (χ0v) is 6.81. The van der Waals surface area contributed by atoms with Crippen molar-refractivity contribution in [3.63, 3.8) is 0 Å². The SMILES string of the molecule is C.C.C=C(C)C(=O)OCC(C)C. The minimum Gasteiger partial charge on any atom is -0.462 e. The van der Waals surface area contributed by atoms with Crippen LogP contribution in [0.2, 0.25) is 0 Å². The second-order valence-corrected chi connectivity index (χ2v) is 2.77. The maximum Gasteiger partial charge on any atom is 0.333 e. The summed E-state index contributed by atoms with van der Waals surface area (Å²) in [7, 11) is 0. The highest BCUT2D eigenvalue weighted by Crippen LogP contribution is 1.97. The molecule has 0 aromatic carbocycles. The lowest BCUT2D eigenvalue weighted by molar-refractivity contribution is -0.139. The van der Waals surface area contributed by atoms with E-state index in [1.165, 1.54) is 0 Å². The molecule has 0 saturated heterocycles. The van der Waals surface area contributed by atoms with E-state index in [0.29, 0.717) is 18.1 Å². The molecule has 0 bridgehead atoms. The summed E-state index contributed by atoms with van der Waals surface area (Å²) in [5, 5.41) is 0. The highest BCUT2D eigenvalue weighted by atomic mass is 16.5. The summed E-state index contributed by atoms with van der Waals surface area (Å²) in [4.78, 5) is 10.7. The molecular formula is C10H22O2. The summed E-state index contributed by atoms with van der Waals surface area (Å²) in [6.45, 7) is 9.56. The van der Waals surface area contributed by atoms with Gasteiger partial charge in [-0.3, -0.25) is 0 Å². The first kappa shape index (κ1) is 17.3. The van der Waals surface area contributed by atoms with Crippen molar-refractivity contribution in [3.8, 4) is 0 Å². The Labute approximate surface area is 76.6 Å². The van der Waals surface area contributed by atoms with E-state index in [4.69, 9.17) is 4.74 Å². The second-order valence-electron chi connectivity index (χ2n) is 2.77. The smallest absolute Gasteiger partial charge is 0.333 e. The largest absolute Gasteiger partial charge is 0.462 e. The van der Waals surface area contributed by atoms with Gasteiger partial charge in [-0.05, 0) is 12.8 Å². The molecule has 0 aliphatic heterocycles. The molecule has 0 heterocycles. The van der Waals surface area contributed by atoms with Crippen molar-refractivity contribution >= 4 is 5.97 Å². The van der Waals surface area contributed by atoms with Gasteiger partial charge >= 0.3 is 5.97 Å². The van der Waals surface area contributed by atoms with Gasteiger partial charge in [0.05, 0.1) is 6.61 Å². The second kappa shape index (κ2) is 8.31. The molecular weight excluding hydrogens is 152 g/mol. The molecule has 0 fully saturated rings. The first-order chi connectivity index (χ1) is 4.54. The quantitative estimate of drug-likeness (QED) is 0.485. The average Bonchev–Trinajstić information content (AvgIpc) is 1.82. The molecule has 12 heavy (non-hydrogen) atoms. The van der Waals surface area contributed by atoms with Crippen molar-refractivity contribution in [3.05, 3.63) is 12.2 Å². The van der Waals surface area contributed by atoms with E-state index in [2.05, 4.69) is 6.58 Å². The van der Waals surface area contributed by atoms with E-state index in [1.54, 1.807) is 6.92 Å². The third-order valence-electron chi connectivity index (χ3n) is 0.896. The molecule has 2 heteroatoms. The zero-order chi connectivity index (χ0) is 8.15. The van der Waals surface area contributed by atoms with Crippen LogP contribution in [0.1, 0.15) is 35.6 Å². The van der Waals surface area contributed by atoms with E-state index in [0.717, 1.165) is 0 Å². The Morgan fingerprint density at radius 1 is 1.42 bits per heavy atom. The number of hydrogen-bond acceptors (Lipinski definition) is 2. The molecule has 0 rings (SSSR count). The van der Waals surface area contributed by atoms with Gasteiger partial charge in [-0.25, -0.2) is 4.79 Å². The van der Waals surface area contributed by atoms with Gasteiger partial charge in [-0.15, -0.1) is 0 Å². The molecule has 0 aliphatic carbocycles. The third kappa shape index (κ3) is 9.21. The van der Waals surface area contributed by atoms with Gasteiger partial charge in [0.2, 0.25) is 0 Å². The van der Waals surface area contributed by atoms with Crippen LogP contribution in [0.5, 0.6) is 0 Å². The van der Waals surface area contributed by atoms with E-state index < -0.39 is 0 Å². The number of ether oxygens (including phenoxy) is 1. The summed E-state index contributed by atoms with van der Waals surface area (Å²) in [5.41, 5.74) is 0.459. The molecule has 0 atom stereocenters. The first-order valence-electron chi connectivity index (χ1n) is 3.36. The predicted molar refractivity (Wildman–Crippen MR) is 54.1 cm³/mol. The molecule has 0 amide bonds. The summed E-state index contributed by atoms with van der Waals surface area (Å²) < 4.78 is 4.83. The zero-order valence-electron chi connectivity index (χ0n) is 6.81. The van der Waals surface area contributed by atoms with Crippen LogP contribution in [0.3, 0.4) is 0 Å². The van der Waals surface area contributed by atoms with E-state index >= 15 is 0 Å². The first-order valence-corrected chi connectivity index (χ1v) is 3.36. The molecule has 0 spiro atoms. The topological polar surface area (TPSA) is 26.3 Å². The molecule has 0 saturated carbocycles. The van der Waals surface area contributed by atoms with Crippen LogP contribution in [0, 0.1) is 5.92 Å². The van der Waals surface area contributed by atoms with Crippen molar-refractivity contribution < 1.29 is 9.53 Å². The molecule has 0 unspecified atom stereocenters. The van der Waals surface area contributed by atoms with Crippen LogP contribution in [0.25, 0.3) is 0 Å². The lowest BCUT2D eigenvalue weighted by atomic mass is 10.2. The van der Waals surface area contributed by atoms with Gasteiger partial charge < -0.3 is 4.74 Å².